The van der Waals surface area contributed by atoms with Gasteiger partial charge in [-0.05, 0) is 50.6 Å². The predicted octanol–water partition coefficient (Wildman–Crippen LogP) is 4.05. The summed E-state index contributed by atoms with van der Waals surface area (Å²) in [6.45, 7) is 6.87. The van der Waals surface area contributed by atoms with Crippen LogP contribution >= 0.6 is 15.9 Å². The molecule has 1 aromatic rings. The van der Waals surface area contributed by atoms with E-state index >= 15 is 0 Å². The molecule has 0 aliphatic carbocycles. The molecule has 1 fully saturated rings. The van der Waals surface area contributed by atoms with Gasteiger partial charge in [-0.1, -0.05) is 34.8 Å². The second-order valence-electron chi connectivity index (χ2n) is 5.15. The fraction of sp³-hybridized carbons (Fsp3) is 0.600. The minimum absolute atomic E-state index is 1.04. The largest absolute Gasteiger partial charge is 0.384 e. The summed E-state index contributed by atoms with van der Waals surface area (Å²) in [4.78, 5) is 2.59. The number of anilines is 1. The maximum Gasteiger partial charge on any atom is 0.0352 e. The zero-order valence-corrected chi connectivity index (χ0v) is 12.8. The standard InChI is InChI=1S/C15H23BrN2/c1-13-6-7-14(12-15(13)16)17-8-11-18-9-4-2-3-5-10-18/h6-7,12,17H,2-5,8-11H2,1H3. The Morgan fingerprint density at radius 3 is 2.56 bits per heavy atom. The van der Waals surface area contributed by atoms with Gasteiger partial charge >= 0.3 is 0 Å². The average Bonchev–Trinajstić information content (AvgIpc) is 2.62. The van der Waals surface area contributed by atoms with E-state index in [1.807, 2.05) is 0 Å². The molecule has 18 heavy (non-hydrogen) atoms. The topological polar surface area (TPSA) is 15.3 Å². The lowest BCUT2D eigenvalue weighted by Gasteiger charge is -2.20. The van der Waals surface area contributed by atoms with E-state index in [0.717, 1.165) is 13.1 Å². The van der Waals surface area contributed by atoms with Crippen molar-refractivity contribution in [2.75, 3.05) is 31.5 Å². The van der Waals surface area contributed by atoms with Crippen molar-refractivity contribution in [3.8, 4) is 0 Å². The Balaban J connectivity index is 1.75. The van der Waals surface area contributed by atoms with Crippen molar-refractivity contribution in [1.82, 2.24) is 4.90 Å². The van der Waals surface area contributed by atoms with Gasteiger partial charge in [-0.15, -0.1) is 0 Å². The molecule has 2 rings (SSSR count). The molecule has 0 saturated carbocycles. The van der Waals surface area contributed by atoms with Crippen LogP contribution in [0.2, 0.25) is 0 Å². The monoisotopic (exact) mass is 310 g/mol. The number of hydrogen-bond acceptors (Lipinski definition) is 2. The third-order valence-electron chi connectivity index (χ3n) is 3.63. The zero-order chi connectivity index (χ0) is 12.8. The Morgan fingerprint density at radius 2 is 1.89 bits per heavy atom. The van der Waals surface area contributed by atoms with E-state index in [4.69, 9.17) is 0 Å². The smallest absolute Gasteiger partial charge is 0.0352 e. The van der Waals surface area contributed by atoms with Gasteiger partial charge in [0.05, 0.1) is 0 Å². The van der Waals surface area contributed by atoms with Crippen molar-refractivity contribution in [3.05, 3.63) is 28.2 Å². The van der Waals surface area contributed by atoms with E-state index in [1.54, 1.807) is 0 Å². The van der Waals surface area contributed by atoms with Crippen LogP contribution in [-0.2, 0) is 0 Å². The molecule has 1 N–H and O–H groups in total. The highest BCUT2D eigenvalue weighted by molar-refractivity contribution is 9.10. The molecule has 1 aliphatic rings. The Kier molecular flexibility index (Phi) is 5.51. The maximum atomic E-state index is 3.57. The first-order valence-corrected chi connectivity index (χ1v) is 7.77. The molecule has 100 valence electrons. The van der Waals surface area contributed by atoms with E-state index in [0.29, 0.717) is 0 Å². The number of nitrogens with zero attached hydrogens (tertiary/aromatic N) is 1. The highest BCUT2D eigenvalue weighted by Crippen LogP contribution is 2.20. The molecular formula is C15H23BrN2. The predicted molar refractivity (Wildman–Crippen MR) is 82.3 cm³/mol. The van der Waals surface area contributed by atoms with Gasteiger partial charge in [-0.2, -0.15) is 0 Å². The summed E-state index contributed by atoms with van der Waals surface area (Å²) in [6, 6.07) is 6.47. The fourth-order valence-corrected chi connectivity index (χ4v) is 2.80. The van der Waals surface area contributed by atoms with Crippen LogP contribution in [0.4, 0.5) is 5.69 Å². The highest BCUT2D eigenvalue weighted by atomic mass is 79.9. The fourth-order valence-electron chi connectivity index (χ4n) is 2.42. The Bertz CT molecular complexity index is 371. The maximum absolute atomic E-state index is 3.57. The van der Waals surface area contributed by atoms with Crippen molar-refractivity contribution in [2.45, 2.75) is 32.6 Å². The Morgan fingerprint density at radius 1 is 1.17 bits per heavy atom. The number of rotatable bonds is 4. The Labute approximate surface area is 119 Å². The summed E-state index contributed by atoms with van der Waals surface area (Å²) < 4.78 is 1.18. The second-order valence-corrected chi connectivity index (χ2v) is 6.00. The second kappa shape index (κ2) is 7.15. The van der Waals surface area contributed by atoms with Crippen LogP contribution in [0.15, 0.2) is 22.7 Å². The molecule has 0 bridgehead atoms. The van der Waals surface area contributed by atoms with Crippen molar-refractivity contribution in [2.24, 2.45) is 0 Å². The normalized spacial score (nSPS) is 17.4. The summed E-state index contributed by atoms with van der Waals surface area (Å²) in [7, 11) is 0. The highest BCUT2D eigenvalue weighted by Gasteiger charge is 2.07. The first-order chi connectivity index (χ1) is 8.75. The van der Waals surface area contributed by atoms with Gasteiger partial charge in [-0.25, -0.2) is 0 Å². The number of benzene rings is 1. The lowest BCUT2D eigenvalue weighted by molar-refractivity contribution is 0.296. The minimum atomic E-state index is 1.04. The molecule has 1 aliphatic heterocycles. The number of halogens is 1. The van der Waals surface area contributed by atoms with Gasteiger partial charge in [0.25, 0.3) is 0 Å². The van der Waals surface area contributed by atoms with E-state index in [9.17, 15) is 0 Å². The van der Waals surface area contributed by atoms with Crippen LogP contribution in [0.3, 0.4) is 0 Å². The van der Waals surface area contributed by atoms with Gasteiger partial charge < -0.3 is 10.2 Å². The molecule has 1 aromatic carbocycles. The van der Waals surface area contributed by atoms with Gasteiger partial charge in [-0.3, -0.25) is 0 Å². The third-order valence-corrected chi connectivity index (χ3v) is 4.48. The lowest BCUT2D eigenvalue weighted by atomic mass is 10.2. The third kappa shape index (κ3) is 4.29. The van der Waals surface area contributed by atoms with Crippen molar-refractivity contribution in [3.63, 3.8) is 0 Å². The molecule has 0 unspecified atom stereocenters. The van der Waals surface area contributed by atoms with Crippen LogP contribution < -0.4 is 5.32 Å². The number of aryl methyl sites for hydroxylation is 1. The van der Waals surface area contributed by atoms with Crippen LogP contribution in [0, 0.1) is 6.92 Å². The quantitative estimate of drug-likeness (QED) is 0.902. The molecule has 0 aromatic heterocycles. The van der Waals surface area contributed by atoms with E-state index in [1.165, 1.54) is 54.5 Å². The van der Waals surface area contributed by atoms with Gasteiger partial charge in [0.2, 0.25) is 0 Å². The average molecular weight is 311 g/mol. The van der Waals surface area contributed by atoms with Gasteiger partial charge in [0, 0.05) is 23.2 Å². The first-order valence-electron chi connectivity index (χ1n) is 6.98. The summed E-state index contributed by atoms with van der Waals surface area (Å²) in [5.74, 6) is 0. The summed E-state index contributed by atoms with van der Waals surface area (Å²) in [5.41, 5.74) is 2.50. The SMILES string of the molecule is Cc1ccc(NCCN2CCCCCC2)cc1Br. The first kappa shape index (κ1) is 13.9. The van der Waals surface area contributed by atoms with E-state index in [-0.39, 0.29) is 0 Å². The van der Waals surface area contributed by atoms with Gasteiger partial charge in [0.1, 0.15) is 0 Å². The minimum Gasteiger partial charge on any atom is -0.384 e. The number of likely N-dealkylation sites (tertiary alicyclic amines) is 1. The molecule has 0 atom stereocenters. The van der Waals surface area contributed by atoms with Crippen LogP contribution in [0.25, 0.3) is 0 Å². The molecule has 1 heterocycles. The number of hydrogen-bond donors (Lipinski definition) is 1. The molecule has 0 radical (unpaired) electrons. The van der Waals surface area contributed by atoms with Crippen LogP contribution in [0.5, 0.6) is 0 Å². The summed E-state index contributed by atoms with van der Waals surface area (Å²) >= 11 is 3.57. The van der Waals surface area contributed by atoms with Crippen molar-refractivity contribution in [1.29, 1.82) is 0 Å². The Hall–Kier alpha value is -0.540. The van der Waals surface area contributed by atoms with Gasteiger partial charge in [0.15, 0.2) is 0 Å². The molecular weight excluding hydrogens is 288 g/mol. The van der Waals surface area contributed by atoms with E-state index < -0.39 is 0 Å². The molecule has 0 spiro atoms. The zero-order valence-electron chi connectivity index (χ0n) is 11.2. The van der Waals surface area contributed by atoms with Crippen LogP contribution in [-0.4, -0.2) is 31.1 Å². The number of nitrogens with one attached hydrogen (secondary N) is 1. The van der Waals surface area contributed by atoms with Crippen molar-refractivity contribution >= 4 is 21.6 Å². The molecule has 2 nitrogen and oxygen atoms in total. The molecule has 1 saturated heterocycles. The molecule has 0 amide bonds. The van der Waals surface area contributed by atoms with Crippen LogP contribution in [0.1, 0.15) is 31.2 Å². The van der Waals surface area contributed by atoms with Crippen molar-refractivity contribution < 1.29 is 0 Å². The lowest BCUT2D eigenvalue weighted by Crippen LogP contribution is -2.29. The molecule has 3 heteroatoms. The van der Waals surface area contributed by atoms with E-state index in [2.05, 4.69) is 51.3 Å². The summed E-state index contributed by atoms with van der Waals surface area (Å²) in [6.07, 6.45) is 5.57. The summed E-state index contributed by atoms with van der Waals surface area (Å²) in [5, 5.41) is 3.51.